The number of phenolic OH excluding ortho intramolecular Hbond substituents is 1. The second-order valence-electron chi connectivity index (χ2n) is 5.15. The van der Waals surface area contributed by atoms with Gasteiger partial charge in [0.05, 0.1) is 18.5 Å². The van der Waals surface area contributed by atoms with Gasteiger partial charge in [-0.1, -0.05) is 0 Å². The predicted molar refractivity (Wildman–Crippen MR) is 81.5 cm³/mol. The number of nitrogens with zero attached hydrogens (tertiary/aromatic N) is 3. The van der Waals surface area contributed by atoms with Gasteiger partial charge in [0, 0.05) is 25.2 Å². The third-order valence-electron chi connectivity index (χ3n) is 3.76. The van der Waals surface area contributed by atoms with Gasteiger partial charge in [0.15, 0.2) is 23.0 Å². The van der Waals surface area contributed by atoms with Crippen LogP contribution in [0.2, 0.25) is 0 Å². The lowest BCUT2D eigenvalue weighted by atomic mass is 10.2. The van der Waals surface area contributed by atoms with Crippen LogP contribution in [0.3, 0.4) is 0 Å². The minimum absolute atomic E-state index is 0.0568. The standard InChI is InChI=1S/C14H17N5O3/c1-22-11-7-9(8(15)6-10(11)20)17-12-13(16)18-4-2-3-5-19(18)14(12)21/h6-7,16,20H,2-5,15H2,1H3. The summed E-state index contributed by atoms with van der Waals surface area (Å²) in [4.78, 5) is 16.6. The Morgan fingerprint density at radius 3 is 2.64 bits per heavy atom. The van der Waals surface area contributed by atoms with Crippen molar-refractivity contribution in [2.45, 2.75) is 12.8 Å². The van der Waals surface area contributed by atoms with E-state index in [4.69, 9.17) is 15.9 Å². The maximum absolute atomic E-state index is 12.4. The third-order valence-corrected chi connectivity index (χ3v) is 3.76. The number of carbonyl (C=O) groups excluding carboxylic acids is 1. The van der Waals surface area contributed by atoms with Gasteiger partial charge in [0.1, 0.15) is 0 Å². The number of carbonyl (C=O) groups is 1. The minimum atomic E-state index is -0.295. The molecule has 0 unspecified atom stereocenters. The van der Waals surface area contributed by atoms with Gasteiger partial charge in [0.25, 0.3) is 5.91 Å². The molecule has 4 N–H and O–H groups in total. The van der Waals surface area contributed by atoms with E-state index in [9.17, 15) is 9.90 Å². The number of hydrogen-bond donors (Lipinski definition) is 3. The molecule has 3 rings (SSSR count). The van der Waals surface area contributed by atoms with Gasteiger partial charge < -0.3 is 15.6 Å². The smallest absolute Gasteiger partial charge is 0.294 e. The lowest BCUT2D eigenvalue weighted by Crippen LogP contribution is -2.45. The molecular weight excluding hydrogens is 286 g/mol. The van der Waals surface area contributed by atoms with Gasteiger partial charge in [-0.05, 0) is 12.8 Å². The summed E-state index contributed by atoms with van der Waals surface area (Å²) in [5, 5.41) is 21.0. The summed E-state index contributed by atoms with van der Waals surface area (Å²) in [6.45, 7) is 1.23. The number of hydrazine groups is 1. The SMILES string of the molecule is COc1cc(N=C2C(=N)N3CCCCN3C2=O)c(N)cc1O. The zero-order valence-electron chi connectivity index (χ0n) is 12.2. The van der Waals surface area contributed by atoms with Crippen LogP contribution in [0.4, 0.5) is 11.4 Å². The first-order valence-corrected chi connectivity index (χ1v) is 6.96. The van der Waals surface area contributed by atoms with Crippen molar-refractivity contribution in [3.63, 3.8) is 0 Å². The highest BCUT2D eigenvalue weighted by Crippen LogP contribution is 2.36. The Morgan fingerprint density at radius 2 is 2.00 bits per heavy atom. The fraction of sp³-hybridized carbons (Fsp3) is 0.357. The zero-order valence-corrected chi connectivity index (χ0v) is 12.2. The monoisotopic (exact) mass is 303 g/mol. The molecule has 116 valence electrons. The number of fused-ring (bicyclic) bond motifs is 1. The summed E-state index contributed by atoms with van der Waals surface area (Å²) >= 11 is 0. The van der Waals surface area contributed by atoms with E-state index >= 15 is 0 Å². The summed E-state index contributed by atoms with van der Waals surface area (Å²) in [6.07, 6.45) is 1.85. The molecule has 1 aromatic rings. The first-order chi connectivity index (χ1) is 10.5. The van der Waals surface area contributed by atoms with Crippen LogP contribution in [-0.4, -0.2) is 52.8 Å². The van der Waals surface area contributed by atoms with E-state index in [1.807, 2.05) is 0 Å². The summed E-state index contributed by atoms with van der Waals surface area (Å²) in [7, 11) is 1.41. The zero-order chi connectivity index (χ0) is 15.9. The number of phenols is 1. The molecule has 0 spiro atoms. The van der Waals surface area contributed by atoms with Crippen LogP contribution in [0, 0.1) is 5.41 Å². The largest absolute Gasteiger partial charge is 0.504 e. The van der Waals surface area contributed by atoms with Gasteiger partial charge in [-0.15, -0.1) is 0 Å². The number of ether oxygens (including phenoxy) is 1. The minimum Gasteiger partial charge on any atom is -0.504 e. The molecule has 0 saturated carbocycles. The Balaban J connectivity index is 2.01. The van der Waals surface area contributed by atoms with Crippen LogP contribution in [0.25, 0.3) is 0 Å². The maximum atomic E-state index is 12.4. The Kier molecular flexibility index (Phi) is 3.36. The Hall–Kier alpha value is -2.77. The van der Waals surface area contributed by atoms with Crippen LogP contribution in [0.15, 0.2) is 17.1 Å². The Bertz CT molecular complexity index is 659. The van der Waals surface area contributed by atoms with Crippen molar-refractivity contribution < 1.29 is 14.6 Å². The van der Waals surface area contributed by atoms with E-state index in [0.717, 1.165) is 12.8 Å². The van der Waals surface area contributed by atoms with E-state index < -0.39 is 0 Å². The molecule has 2 aliphatic rings. The predicted octanol–water partition coefficient (Wildman–Crippen LogP) is 0.886. The van der Waals surface area contributed by atoms with Crippen molar-refractivity contribution in [1.82, 2.24) is 10.0 Å². The molecule has 1 aromatic carbocycles. The number of benzene rings is 1. The number of methoxy groups -OCH3 is 1. The highest BCUT2D eigenvalue weighted by molar-refractivity contribution is 6.68. The number of nitrogen functional groups attached to an aromatic ring is 1. The highest BCUT2D eigenvalue weighted by atomic mass is 16.5. The Labute approximate surface area is 127 Å². The Morgan fingerprint density at radius 1 is 1.32 bits per heavy atom. The van der Waals surface area contributed by atoms with E-state index in [1.54, 1.807) is 10.0 Å². The average molecular weight is 303 g/mol. The van der Waals surface area contributed by atoms with Crippen molar-refractivity contribution in [2.75, 3.05) is 25.9 Å². The number of aromatic hydroxyl groups is 1. The van der Waals surface area contributed by atoms with Gasteiger partial charge in [-0.2, -0.15) is 0 Å². The average Bonchev–Trinajstić information content (AvgIpc) is 2.75. The number of nitrogens with one attached hydrogen (secondary N) is 1. The van der Waals surface area contributed by atoms with E-state index in [0.29, 0.717) is 18.8 Å². The molecule has 2 aliphatic heterocycles. The highest BCUT2D eigenvalue weighted by Gasteiger charge is 2.40. The van der Waals surface area contributed by atoms with Gasteiger partial charge >= 0.3 is 0 Å². The van der Waals surface area contributed by atoms with E-state index in [1.165, 1.54) is 19.2 Å². The number of amidine groups is 1. The lowest BCUT2D eigenvalue weighted by molar-refractivity contribution is -0.134. The summed E-state index contributed by atoms with van der Waals surface area (Å²) in [5.74, 6) is -0.103. The van der Waals surface area contributed by atoms with Crippen LogP contribution in [0.1, 0.15) is 12.8 Å². The number of aliphatic imine (C=N–C) groups is 1. The van der Waals surface area contributed by atoms with Crippen molar-refractivity contribution in [3.05, 3.63) is 12.1 Å². The fourth-order valence-electron chi connectivity index (χ4n) is 2.61. The van der Waals surface area contributed by atoms with Crippen LogP contribution in [0.5, 0.6) is 11.5 Å². The fourth-order valence-corrected chi connectivity index (χ4v) is 2.61. The molecule has 0 aromatic heterocycles. The van der Waals surface area contributed by atoms with E-state index in [-0.39, 0.29) is 34.6 Å². The molecule has 0 radical (unpaired) electrons. The molecule has 8 nitrogen and oxygen atoms in total. The van der Waals surface area contributed by atoms with Gasteiger partial charge in [0.2, 0.25) is 0 Å². The molecular formula is C14H17N5O3. The van der Waals surface area contributed by atoms with Crippen molar-refractivity contribution in [1.29, 1.82) is 5.41 Å². The van der Waals surface area contributed by atoms with Crippen LogP contribution >= 0.6 is 0 Å². The molecule has 22 heavy (non-hydrogen) atoms. The number of hydrogen-bond acceptors (Lipinski definition) is 6. The normalized spacial score (nSPS) is 19.8. The van der Waals surface area contributed by atoms with Crippen LogP contribution in [-0.2, 0) is 4.79 Å². The lowest BCUT2D eigenvalue weighted by Gasteiger charge is -2.32. The van der Waals surface area contributed by atoms with Crippen molar-refractivity contribution >= 4 is 28.8 Å². The first-order valence-electron chi connectivity index (χ1n) is 6.96. The van der Waals surface area contributed by atoms with Gasteiger partial charge in [-0.3, -0.25) is 15.2 Å². The van der Waals surface area contributed by atoms with Crippen molar-refractivity contribution in [2.24, 2.45) is 4.99 Å². The number of rotatable bonds is 2. The molecule has 1 amide bonds. The topological polar surface area (TPSA) is 115 Å². The van der Waals surface area contributed by atoms with Crippen molar-refractivity contribution in [3.8, 4) is 11.5 Å². The maximum Gasteiger partial charge on any atom is 0.294 e. The quantitative estimate of drug-likeness (QED) is 0.702. The summed E-state index contributed by atoms with van der Waals surface area (Å²) < 4.78 is 5.02. The van der Waals surface area contributed by atoms with Crippen LogP contribution < -0.4 is 10.5 Å². The second kappa shape index (κ2) is 5.21. The molecule has 0 atom stereocenters. The van der Waals surface area contributed by atoms with Gasteiger partial charge in [-0.25, -0.2) is 10.0 Å². The summed E-state index contributed by atoms with van der Waals surface area (Å²) in [5.41, 5.74) is 6.40. The molecule has 2 heterocycles. The molecule has 0 bridgehead atoms. The molecule has 0 aliphatic carbocycles. The first kappa shape index (κ1) is 14.2. The number of amides is 1. The molecule has 2 saturated heterocycles. The summed E-state index contributed by atoms with van der Waals surface area (Å²) in [6, 6.07) is 2.76. The second-order valence-corrected chi connectivity index (χ2v) is 5.15. The third kappa shape index (κ3) is 2.12. The van der Waals surface area contributed by atoms with E-state index in [2.05, 4.69) is 4.99 Å². The molecule has 2 fully saturated rings. The number of anilines is 1. The molecule has 8 heteroatoms. The number of nitrogens with two attached hydrogens (primary N) is 1.